The van der Waals surface area contributed by atoms with Crippen LogP contribution in [0.5, 0.6) is 0 Å². The van der Waals surface area contributed by atoms with Gasteiger partial charge in [-0.2, -0.15) is 0 Å². The third-order valence-electron chi connectivity index (χ3n) is 3.74. The lowest BCUT2D eigenvalue weighted by molar-refractivity contribution is 0.187. The summed E-state index contributed by atoms with van der Waals surface area (Å²) in [5.41, 5.74) is 1.54. The molecule has 19 heavy (non-hydrogen) atoms. The van der Waals surface area contributed by atoms with E-state index in [0.717, 1.165) is 19.6 Å². The minimum Gasteiger partial charge on any atom is -0.385 e. The van der Waals surface area contributed by atoms with Crippen LogP contribution in [0.4, 0.5) is 0 Å². The fraction of sp³-hybridized carbons (Fsp3) is 0.625. The molecule has 2 unspecified atom stereocenters. The molecule has 0 saturated heterocycles. The monoisotopic (exact) mass is 279 g/mol. The normalized spacial score (nSPS) is 19.4. The van der Waals surface area contributed by atoms with Crippen molar-refractivity contribution in [1.29, 1.82) is 0 Å². The maximum atomic E-state index is 5.20. The molecule has 1 aromatic carbocycles. The number of fused-ring (bicyclic) bond motifs is 1. The molecule has 0 saturated carbocycles. The van der Waals surface area contributed by atoms with Gasteiger partial charge in [0, 0.05) is 36.3 Å². The van der Waals surface area contributed by atoms with Gasteiger partial charge < -0.3 is 10.1 Å². The van der Waals surface area contributed by atoms with Crippen molar-refractivity contribution in [2.75, 3.05) is 26.0 Å². The molecule has 0 fully saturated rings. The summed E-state index contributed by atoms with van der Waals surface area (Å²) in [5.74, 6) is 1.87. The average molecular weight is 279 g/mol. The molecular weight excluding hydrogens is 254 g/mol. The average Bonchev–Trinajstić information content (AvgIpc) is 2.87. The summed E-state index contributed by atoms with van der Waals surface area (Å²) in [6, 6.07) is 9.46. The van der Waals surface area contributed by atoms with E-state index in [1.54, 1.807) is 12.7 Å². The summed E-state index contributed by atoms with van der Waals surface area (Å²) in [6.45, 7) is 4.21. The minimum atomic E-state index is 0.589. The molecule has 2 rings (SSSR count). The van der Waals surface area contributed by atoms with Crippen molar-refractivity contribution in [3.63, 3.8) is 0 Å². The number of rotatable bonds is 8. The third-order valence-corrected chi connectivity index (χ3v) is 4.95. The summed E-state index contributed by atoms with van der Waals surface area (Å²) in [7, 11) is 1.79. The summed E-state index contributed by atoms with van der Waals surface area (Å²) in [4.78, 5) is 1.47. The van der Waals surface area contributed by atoms with Crippen LogP contribution in [0.15, 0.2) is 29.2 Å². The van der Waals surface area contributed by atoms with Crippen molar-refractivity contribution in [3.05, 3.63) is 29.8 Å². The molecule has 0 bridgehead atoms. The summed E-state index contributed by atoms with van der Waals surface area (Å²) >= 11 is 2.01. The lowest BCUT2D eigenvalue weighted by atomic mass is 9.90. The largest absolute Gasteiger partial charge is 0.385 e. The topological polar surface area (TPSA) is 21.3 Å². The molecule has 1 aromatic rings. The van der Waals surface area contributed by atoms with Crippen molar-refractivity contribution in [2.24, 2.45) is 0 Å². The molecule has 2 nitrogen and oxygen atoms in total. The first-order valence-electron chi connectivity index (χ1n) is 7.30. The Kier molecular flexibility index (Phi) is 6.21. The highest BCUT2D eigenvalue weighted by atomic mass is 32.2. The van der Waals surface area contributed by atoms with E-state index in [1.807, 2.05) is 11.8 Å². The first kappa shape index (κ1) is 14.9. The molecule has 1 aliphatic heterocycles. The van der Waals surface area contributed by atoms with Gasteiger partial charge >= 0.3 is 0 Å². The van der Waals surface area contributed by atoms with Crippen LogP contribution in [-0.2, 0) is 4.74 Å². The molecule has 0 aliphatic carbocycles. The van der Waals surface area contributed by atoms with E-state index in [-0.39, 0.29) is 0 Å². The van der Waals surface area contributed by atoms with Gasteiger partial charge in [-0.1, -0.05) is 25.1 Å². The second kappa shape index (κ2) is 7.93. The maximum absolute atomic E-state index is 5.20. The van der Waals surface area contributed by atoms with Crippen molar-refractivity contribution in [1.82, 2.24) is 5.32 Å². The van der Waals surface area contributed by atoms with Crippen LogP contribution in [0, 0.1) is 0 Å². The van der Waals surface area contributed by atoms with Gasteiger partial charge in [0.1, 0.15) is 0 Å². The Morgan fingerprint density at radius 3 is 3.05 bits per heavy atom. The van der Waals surface area contributed by atoms with Gasteiger partial charge in [-0.3, -0.25) is 0 Å². The Labute approximate surface area is 121 Å². The Hall–Kier alpha value is -0.510. The van der Waals surface area contributed by atoms with Crippen LogP contribution in [-0.4, -0.2) is 32.1 Å². The Balaban J connectivity index is 2.01. The number of ether oxygens (including phenoxy) is 1. The number of hydrogen-bond acceptors (Lipinski definition) is 3. The van der Waals surface area contributed by atoms with Crippen LogP contribution >= 0.6 is 11.8 Å². The summed E-state index contributed by atoms with van der Waals surface area (Å²) < 4.78 is 5.20. The van der Waals surface area contributed by atoms with E-state index in [1.165, 1.54) is 23.5 Å². The van der Waals surface area contributed by atoms with E-state index in [2.05, 4.69) is 36.5 Å². The highest BCUT2D eigenvalue weighted by molar-refractivity contribution is 7.99. The highest BCUT2D eigenvalue weighted by Gasteiger charge is 2.29. The Morgan fingerprint density at radius 1 is 1.42 bits per heavy atom. The molecule has 0 radical (unpaired) electrons. The number of methoxy groups -OCH3 is 1. The lowest BCUT2D eigenvalue weighted by Gasteiger charge is -2.25. The first-order valence-corrected chi connectivity index (χ1v) is 8.29. The van der Waals surface area contributed by atoms with Crippen LogP contribution in [0.1, 0.15) is 37.7 Å². The molecule has 0 aromatic heterocycles. The summed E-state index contributed by atoms with van der Waals surface area (Å²) in [6.07, 6.45) is 3.54. The van der Waals surface area contributed by atoms with Gasteiger partial charge in [0.05, 0.1) is 0 Å². The van der Waals surface area contributed by atoms with E-state index < -0.39 is 0 Å². The Bertz CT molecular complexity index is 383. The van der Waals surface area contributed by atoms with Crippen LogP contribution in [0.25, 0.3) is 0 Å². The lowest BCUT2D eigenvalue weighted by Crippen LogP contribution is -2.36. The zero-order valence-corrected chi connectivity index (χ0v) is 12.8. The molecule has 3 heteroatoms. The van der Waals surface area contributed by atoms with Gasteiger partial charge in [-0.15, -0.1) is 11.8 Å². The van der Waals surface area contributed by atoms with E-state index in [0.29, 0.717) is 12.0 Å². The van der Waals surface area contributed by atoms with Gasteiger partial charge in [-0.25, -0.2) is 0 Å². The van der Waals surface area contributed by atoms with Crippen LogP contribution in [0.2, 0.25) is 0 Å². The molecule has 1 N–H and O–H groups in total. The Morgan fingerprint density at radius 2 is 2.26 bits per heavy atom. The molecular formula is C16H25NOS. The zero-order chi connectivity index (χ0) is 13.5. The maximum Gasteiger partial charge on any atom is 0.0462 e. The molecule has 0 amide bonds. The van der Waals surface area contributed by atoms with Crippen molar-refractivity contribution < 1.29 is 4.74 Å². The molecule has 1 heterocycles. The molecule has 106 valence electrons. The van der Waals surface area contributed by atoms with Gasteiger partial charge in [0.2, 0.25) is 0 Å². The van der Waals surface area contributed by atoms with Gasteiger partial charge in [-0.05, 0) is 37.4 Å². The van der Waals surface area contributed by atoms with E-state index >= 15 is 0 Å². The van der Waals surface area contributed by atoms with Crippen LogP contribution in [0.3, 0.4) is 0 Å². The predicted molar refractivity (Wildman–Crippen MR) is 83.1 cm³/mol. The number of hydrogen-bond donors (Lipinski definition) is 1. The number of nitrogens with one attached hydrogen (secondary N) is 1. The zero-order valence-electron chi connectivity index (χ0n) is 12.0. The minimum absolute atomic E-state index is 0.589. The quantitative estimate of drug-likeness (QED) is 0.734. The number of thioether (sulfide) groups is 1. The highest BCUT2D eigenvalue weighted by Crippen LogP contribution is 2.41. The van der Waals surface area contributed by atoms with Crippen molar-refractivity contribution in [3.8, 4) is 0 Å². The second-order valence-electron chi connectivity index (χ2n) is 5.15. The SMILES string of the molecule is CCCNC(CCCOC)C1CSc2ccccc21. The van der Waals surface area contributed by atoms with Gasteiger partial charge in [0.15, 0.2) is 0 Å². The molecule has 0 spiro atoms. The first-order chi connectivity index (χ1) is 9.36. The molecule has 2 atom stereocenters. The predicted octanol–water partition coefficient (Wildman–Crippen LogP) is 3.67. The smallest absolute Gasteiger partial charge is 0.0462 e. The van der Waals surface area contributed by atoms with Gasteiger partial charge in [0.25, 0.3) is 0 Å². The third kappa shape index (κ3) is 3.98. The standard InChI is InChI=1S/C16H25NOS/c1-3-10-17-15(8-6-11-18-2)14-12-19-16-9-5-4-7-13(14)16/h4-5,7,9,14-15,17H,3,6,8,10-12H2,1-2H3. The fourth-order valence-corrected chi connectivity index (χ4v) is 4.08. The van der Waals surface area contributed by atoms with Crippen molar-refractivity contribution >= 4 is 11.8 Å². The van der Waals surface area contributed by atoms with E-state index in [9.17, 15) is 0 Å². The van der Waals surface area contributed by atoms with Crippen LogP contribution < -0.4 is 5.32 Å². The van der Waals surface area contributed by atoms with E-state index in [4.69, 9.17) is 4.74 Å². The fourth-order valence-electron chi connectivity index (χ4n) is 2.74. The second-order valence-corrected chi connectivity index (χ2v) is 6.21. The number of benzene rings is 1. The summed E-state index contributed by atoms with van der Waals surface area (Å²) in [5, 5.41) is 3.74. The van der Waals surface area contributed by atoms with Crippen molar-refractivity contribution in [2.45, 2.75) is 43.0 Å². The molecule has 1 aliphatic rings.